The highest BCUT2D eigenvalue weighted by Gasteiger charge is 2.21. The van der Waals surface area contributed by atoms with Crippen molar-refractivity contribution >= 4 is 53.4 Å². The Balaban J connectivity index is 1.20. The van der Waals surface area contributed by atoms with Crippen LogP contribution in [0.4, 0.5) is 0 Å². The third-order valence-electron chi connectivity index (χ3n) is 9.43. The van der Waals surface area contributed by atoms with Gasteiger partial charge in [0.15, 0.2) is 5.82 Å². The third kappa shape index (κ3) is 4.71. The first kappa shape index (κ1) is 28.6. The van der Waals surface area contributed by atoms with Crippen LogP contribution in [0.1, 0.15) is 0 Å². The number of rotatable bonds is 5. The number of benzene rings is 6. The summed E-state index contributed by atoms with van der Waals surface area (Å²) in [6, 6.07) is 52.8. The van der Waals surface area contributed by atoms with Crippen molar-refractivity contribution < 1.29 is 4.42 Å². The molecule has 0 aliphatic rings. The van der Waals surface area contributed by atoms with E-state index in [4.69, 9.17) is 14.4 Å². The lowest BCUT2D eigenvalue weighted by atomic mass is 9.95. The predicted molar refractivity (Wildman–Crippen MR) is 207 cm³/mol. The Morgan fingerprint density at radius 2 is 1.20 bits per heavy atom. The topological polar surface area (TPSA) is 51.8 Å². The lowest BCUT2D eigenvalue weighted by Gasteiger charge is -2.12. The van der Waals surface area contributed by atoms with E-state index in [0.29, 0.717) is 5.82 Å². The number of para-hydroxylation sites is 1. The molecule has 0 amide bonds. The van der Waals surface area contributed by atoms with Crippen LogP contribution in [0.25, 0.3) is 98.3 Å². The van der Waals surface area contributed by atoms with Gasteiger partial charge in [-0.3, -0.25) is 4.98 Å². The van der Waals surface area contributed by atoms with Crippen molar-refractivity contribution in [3.05, 3.63) is 164 Å². The molecular weight excluding hydrogens is 631 g/mol. The first-order valence-electron chi connectivity index (χ1n) is 16.6. The van der Waals surface area contributed by atoms with Crippen molar-refractivity contribution in [2.24, 2.45) is 0 Å². The van der Waals surface area contributed by atoms with E-state index in [1.54, 1.807) is 6.20 Å². The highest BCUT2D eigenvalue weighted by atomic mass is 32.1. The Hall–Kier alpha value is -6.43. The Kier molecular flexibility index (Phi) is 6.64. The van der Waals surface area contributed by atoms with Crippen LogP contribution in [0.2, 0.25) is 0 Å². The molecule has 234 valence electrons. The fourth-order valence-electron chi connectivity index (χ4n) is 7.03. The molecule has 0 spiro atoms. The van der Waals surface area contributed by atoms with Crippen LogP contribution in [-0.4, -0.2) is 15.0 Å². The molecule has 0 aliphatic heterocycles. The monoisotopic (exact) mass is 657 g/mol. The molecule has 0 fully saturated rings. The smallest absolute Gasteiger partial charge is 0.160 e. The van der Waals surface area contributed by atoms with Crippen LogP contribution in [0.3, 0.4) is 0 Å². The summed E-state index contributed by atoms with van der Waals surface area (Å²) >= 11 is 1.83. The van der Waals surface area contributed by atoms with Crippen molar-refractivity contribution in [1.82, 2.24) is 15.0 Å². The van der Waals surface area contributed by atoms with Gasteiger partial charge in [0.25, 0.3) is 0 Å². The minimum Gasteiger partial charge on any atom is -0.455 e. The van der Waals surface area contributed by atoms with Crippen molar-refractivity contribution in [3.63, 3.8) is 0 Å². The average molecular weight is 658 g/mol. The van der Waals surface area contributed by atoms with Crippen LogP contribution in [0, 0.1) is 0 Å². The molecule has 10 aromatic rings. The highest BCUT2D eigenvalue weighted by Crippen LogP contribution is 2.46. The van der Waals surface area contributed by atoms with E-state index in [-0.39, 0.29) is 0 Å². The van der Waals surface area contributed by atoms with Gasteiger partial charge in [-0.1, -0.05) is 121 Å². The molecule has 4 heterocycles. The maximum atomic E-state index is 6.76. The Labute approximate surface area is 292 Å². The molecule has 5 heteroatoms. The second-order valence-electron chi connectivity index (χ2n) is 12.4. The number of hydrogen-bond acceptors (Lipinski definition) is 5. The third-order valence-corrected chi connectivity index (χ3v) is 10.7. The van der Waals surface area contributed by atoms with Gasteiger partial charge in [0, 0.05) is 71.2 Å². The van der Waals surface area contributed by atoms with E-state index in [2.05, 4.69) is 120 Å². The molecule has 0 radical (unpaired) electrons. The van der Waals surface area contributed by atoms with Crippen molar-refractivity contribution in [3.8, 4) is 56.2 Å². The van der Waals surface area contributed by atoms with Gasteiger partial charge in [-0.05, 0) is 41.5 Å². The van der Waals surface area contributed by atoms with Gasteiger partial charge in [-0.15, -0.1) is 11.3 Å². The van der Waals surface area contributed by atoms with Crippen molar-refractivity contribution in [2.75, 3.05) is 0 Å². The Bertz CT molecular complexity index is 2860. The van der Waals surface area contributed by atoms with Gasteiger partial charge in [0.2, 0.25) is 0 Å². The maximum Gasteiger partial charge on any atom is 0.160 e. The second-order valence-corrected chi connectivity index (χ2v) is 13.4. The second kappa shape index (κ2) is 11.6. The number of nitrogens with zero attached hydrogens (tertiary/aromatic N) is 3. The molecule has 50 heavy (non-hydrogen) atoms. The summed E-state index contributed by atoms with van der Waals surface area (Å²) in [6.45, 7) is 0. The van der Waals surface area contributed by atoms with Crippen LogP contribution >= 0.6 is 11.3 Å². The molecule has 0 saturated heterocycles. The molecule has 0 N–H and O–H groups in total. The highest BCUT2D eigenvalue weighted by molar-refractivity contribution is 7.26. The van der Waals surface area contributed by atoms with E-state index >= 15 is 0 Å². The van der Waals surface area contributed by atoms with E-state index in [9.17, 15) is 0 Å². The van der Waals surface area contributed by atoms with E-state index in [1.807, 2.05) is 53.9 Å². The molecule has 4 aromatic heterocycles. The molecule has 4 nitrogen and oxygen atoms in total. The molecule has 0 saturated carbocycles. The lowest BCUT2D eigenvalue weighted by Crippen LogP contribution is -1.96. The average Bonchev–Trinajstić information content (AvgIpc) is 3.78. The van der Waals surface area contributed by atoms with Crippen LogP contribution in [0.5, 0.6) is 0 Å². The summed E-state index contributed by atoms with van der Waals surface area (Å²) in [5.41, 5.74) is 10.8. The first-order chi connectivity index (χ1) is 24.8. The van der Waals surface area contributed by atoms with Crippen LogP contribution < -0.4 is 0 Å². The number of aromatic nitrogens is 3. The van der Waals surface area contributed by atoms with Gasteiger partial charge < -0.3 is 4.42 Å². The van der Waals surface area contributed by atoms with Gasteiger partial charge in [0.1, 0.15) is 11.2 Å². The molecular formula is C45H27N3OS. The standard InChI is InChI=1S/C45H27N3OS/c1-2-10-29(11-3-1)38-26-39(48-45(47-38)30-21-19-28(20-22-30)31-12-9-25-46-27-31)36-24-23-33(43-42(36)37-14-4-6-17-40(37)49-43)35-16-8-15-34-32-13-5-7-18-41(32)50-44(34)35/h1-27H. The maximum absolute atomic E-state index is 6.76. The summed E-state index contributed by atoms with van der Waals surface area (Å²) in [7, 11) is 0. The molecule has 10 rings (SSSR count). The number of pyridine rings is 1. The first-order valence-corrected chi connectivity index (χ1v) is 17.4. The van der Waals surface area contributed by atoms with Gasteiger partial charge >= 0.3 is 0 Å². The van der Waals surface area contributed by atoms with Crippen molar-refractivity contribution in [1.29, 1.82) is 0 Å². The molecule has 6 aromatic carbocycles. The Morgan fingerprint density at radius 1 is 0.480 bits per heavy atom. The van der Waals surface area contributed by atoms with Crippen LogP contribution in [-0.2, 0) is 0 Å². The van der Waals surface area contributed by atoms with E-state index in [0.717, 1.165) is 66.7 Å². The Morgan fingerprint density at radius 3 is 2.06 bits per heavy atom. The number of hydrogen-bond donors (Lipinski definition) is 0. The normalized spacial score (nSPS) is 11.6. The van der Waals surface area contributed by atoms with Gasteiger partial charge in [0.05, 0.1) is 11.4 Å². The van der Waals surface area contributed by atoms with Crippen molar-refractivity contribution in [2.45, 2.75) is 0 Å². The van der Waals surface area contributed by atoms with E-state index in [1.165, 1.54) is 25.7 Å². The number of fused-ring (bicyclic) bond motifs is 6. The summed E-state index contributed by atoms with van der Waals surface area (Å²) in [5, 5.41) is 4.65. The zero-order valence-electron chi connectivity index (χ0n) is 26.7. The zero-order valence-corrected chi connectivity index (χ0v) is 27.6. The fourth-order valence-corrected chi connectivity index (χ4v) is 8.26. The summed E-state index contributed by atoms with van der Waals surface area (Å²) < 4.78 is 9.30. The van der Waals surface area contributed by atoms with Gasteiger partial charge in [-0.25, -0.2) is 9.97 Å². The zero-order chi connectivity index (χ0) is 33.0. The summed E-state index contributed by atoms with van der Waals surface area (Å²) in [4.78, 5) is 14.7. The molecule has 0 unspecified atom stereocenters. The lowest BCUT2D eigenvalue weighted by molar-refractivity contribution is 0.670. The summed E-state index contributed by atoms with van der Waals surface area (Å²) in [6.07, 6.45) is 3.67. The van der Waals surface area contributed by atoms with Crippen LogP contribution in [0.15, 0.2) is 168 Å². The molecule has 0 atom stereocenters. The summed E-state index contributed by atoms with van der Waals surface area (Å²) in [5.74, 6) is 0.666. The van der Waals surface area contributed by atoms with E-state index < -0.39 is 0 Å². The minimum atomic E-state index is 0.666. The number of furan rings is 1. The minimum absolute atomic E-state index is 0.666. The number of thiophene rings is 1. The molecule has 0 bridgehead atoms. The quantitative estimate of drug-likeness (QED) is 0.185. The van der Waals surface area contributed by atoms with Gasteiger partial charge in [-0.2, -0.15) is 0 Å². The SMILES string of the molecule is c1ccc(-c2cc(-c3ccc(-c4cccc5c4sc4ccccc45)c4oc5ccccc5c34)nc(-c3ccc(-c4cccnc4)cc3)n2)cc1. The predicted octanol–water partition coefficient (Wildman–Crippen LogP) is 12.5. The fraction of sp³-hybridized carbons (Fsp3) is 0. The molecule has 0 aliphatic carbocycles. The largest absolute Gasteiger partial charge is 0.455 e.